The Morgan fingerprint density at radius 1 is 1.21 bits per heavy atom. The van der Waals surface area contributed by atoms with Gasteiger partial charge in [0.25, 0.3) is 0 Å². The molecule has 2 aromatic heterocycles. The van der Waals surface area contributed by atoms with Gasteiger partial charge in [-0.3, -0.25) is 0 Å². The molecular weight excluding hydrogens is 190 g/mol. The van der Waals surface area contributed by atoms with Gasteiger partial charge >= 0.3 is 0 Å². The van der Waals surface area contributed by atoms with Crippen molar-refractivity contribution in [1.29, 1.82) is 0 Å². The number of pyridine rings is 1. The van der Waals surface area contributed by atoms with Crippen molar-refractivity contribution in [1.82, 2.24) is 0 Å². The molecule has 2 heteroatoms. The SMILES string of the molecule is Cc1ccsc1C=C[n+]1ccccc1. The summed E-state index contributed by atoms with van der Waals surface area (Å²) in [6, 6.07) is 8.19. The number of thiophene rings is 1. The molecule has 0 saturated heterocycles. The highest BCUT2D eigenvalue weighted by molar-refractivity contribution is 7.11. The van der Waals surface area contributed by atoms with E-state index >= 15 is 0 Å². The first-order valence-electron chi connectivity index (χ1n) is 4.54. The lowest BCUT2D eigenvalue weighted by Crippen LogP contribution is -2.23. The Hall–Kier alpha value is -1.41. The molecule has 0 aliphatic rings. The maximum atomic E-state index is 2.14. The summed E-state index contributed by atoms with van der Waals surface area (Å²) < 4.78 is 2.04. The summed E-state index contributed by atoms with van der Waals surface area (Å²) >= 11 is 1.77. The largest absolute Gasteiger partial charge is 0.175 e. The minimum atomic E-state index is 1.32. The smallest absolute Gasteiger partial charge is 0.174 e. The highest BCUT2D eigenvalue weighted by Crippen LogP contribution is 2.16. The first-order valence-corrected chi connectivity index (χ1v) is 5.42. The van der Waals surface area contributed by atoms with Gasteiger partial charge in [0, 0.05) is 23.1 Å². The van der Waals surface area contributed by atoms with Crippen molar-refractivity contribution in [2.24, 2.45) is 0 Å². The quantitative estimate of drug-likeness (QED) is 0.659. The van der Waals surface area contributed by atoms with Gasteiger partial charge in [0.1, 0.15) is 0 Å². The average Bonchev–Trinajstić information content (AvgIpc) is 2.63. The van der Waals surface area contributed by atoms with E-state index in [2.05, 4.69) is 30.6 Å². The zero-order valence-electron chi connectivity index (χ0n) is 8.05. The monoisotopic (exact) mass is 202 g/mol. The Labute approximate surface area is 88.0 Å². The lowest BCUT2D eigenvalue weighted by molar-refractivity contribution is -0.567. The molecule has 0 fully saturated rings. The molecular formula is C12H12NS+. The number of hydrogen-bond donors (Lipinski definition) is 0. The summed E-state index contributed by atoms with van der Waals surface area (Å²) in [5, 5.41) is 2.12. The molecule has 0 atom stereocenters. The van der Waals surface area contributed by atoms with E-state index < -0.39 is 0 Å². The van der Waals surface area contributed by atoms with Gasteiger partial charge in [-0.2, -0.15) is 4.57 Å². The van der Waals surface area contributed by atoms with Crippen molar-refractivity contribution < 1.29 is 4.57 Å². The molecule has 14 heavy (non-hydrogen) atoms. The van der Waals surface area contributed by atoms with Crippen molar-refractivity contribution in [3.63, 3.8) is 0 Å². The van der Waals surface area contributed by atoms with Crippen LogP contribution in [0.25, 0.3) is 12.3 Å². The van der Waals surface area contributed by atoms with E-state index in [1.165, 1.54) is 10.4 Å². The third-order valence-electron chi connectivity index (χ3n) is 2.04. The standard InChI is InChI=1S/C12H12NS/c1-11-6-10-14-12(11)5-9-13-7-3-2-4-8-13/h2-10H,1H3/q+1. The molecule has 0 radical (unpaired) electrons. The summed E-state index contributed by atoms with van der Waals surface area (Å²) in [5.41, 5.74) is 1.34. The van der Waals surface area contributed by atoms with Crippen molar-refractivity contribution in [3.8, 4) is 0 Å². The Morgan fingerprint density at radius 2 is 2.00 bits per heavy atom. The van der Waals surface area contributed by atoms with Crippen LogP contribution < -0.4 is 4.57 Å². The molecule has 70 valence electrons. The van der Waals surface area contributed by atoms with Crippen molar-refractivity contribution >= 4 is 23.6 Å². The van der Waals surface area contributed by atoms with Crippen molar-refractivity contribution in [2.75, 3.05) is 0 Å². The van der Waals surface area contributed by atoms with Gasteiger partial charge in [0.05, 0.1) is 0 Å². The first kappa shape index (κ1) is 9.16. The van der Waals surface area contributed by atoms with Crippen LogP contribution in [0.5, 0.6) is 0 Å². The van der Waals surface area contributed by atoms with E-state index in [1.54, 1.807) is 11.3 Å². The Kier molecular flexibility index (Phi) is 2.75. The zero-order valence-corrected chi connectivity index (χ0v) is 8.87. The fourth-order valence-electron chi connectivity index (χ4n) is 1.22. The molecule has 0 N–H and O–H groups in total. The lowest BCUT2D eigenvalue weighted by Gasteiger charge is -1.87. The van der Waals surface area contributed by atoms with Gasteiger partial charge in [-0.05, 0) is 23.9 Å². The summed E-state index contributed by atoms with van der Waals surface area (Å²) in [6.07, 6.45) is 8.26. The van der Waals surface area contributed by atoms with Gasteiger partial charge in [0.15, 0.2) is 18.6 Å². The molecule has 0 bridgehead atoms. The molecule has 0 unspecified atom stereocenters. The summed E-state index contributed by atoms with van der Waals surface area (Å²) in [7, 11) is 0. The molecule has 0 aliphatic carbocycles. The molecule has 0 saturated carbocycles. The zero-order chi connectivity index (χ0) is 9.80. The second kappa shape index (κ2) is 4.20. The fourth-order valence-corrected chi connectivity index (χ4v) is 2.03. The fraction of sp³-hybridized carbons (Fsp3) is 0.0833. The molecule has 2 aromatic rings. The van der Waals surface area contributed by atoms with Crippen LogP contribution in [0.3, 0.4) is 0 Å². The predicted octanol–water partition coefficient (Wildman–Crippen LogP) is 2.97. The van der Waals surface area contributed by atoms with Gasteiger partial charge < -0.3 is 0 Å². The van der Waals surface area contributed by atoms with Crippen LogP contribution in [-0.4, -0.2) is 0 Å². The van der Waals surface area contributed by atoms with E-state index in [0.717, 1.165) is 0 Å². The third-order valence-corrected chi connectivity index (χ3v) is 3.02. The number of nitrogens with zero attached hydrogens (tertiary/aromatic N) is 1. The average molecular weight is 202 g/mol. The molecule has 2 heterocycles. The van der Waals surface area contributed by atoms with Gasteiger partial charge in [-0.15, -0.1) is 11.3 Å². The first-order chi connectivity index (χ1) is 6.86. The minimum absolute atomic E-state index is 1.32. The van der Waals surface area contributed by atoms with E-state index in [1.807, 2.05) is 35.2 Å². The summed E-state index contributed by atoms with van der Waals surface area (Å²) in [5.74, 6) is 0. The molecule has 0 spiro atoms. The van der Waals surface area contributed by atoms with Crippen molar-refractivity contribution in [2.45, 2.75) is 6.92 Å². The van der Waals surface area contributed by atoms with Crippen molar-refractivity contribution in [3.05, 3.63) is 52.5 Å². The van der Waals surface area contributed by atoms with Crippen LogP contribution >= 0.6 is 11.3 Å². The number of aryl methyl sites for hydroxylation is 1. The maximum absolute atomic E-state index is 2.14. The number of rotatable bonds is 2. The number of hydrogen-bond acceptors (Lipinski definition) is 1. The van der Waals surface area contributed by atoms with Gasteiger partial charge in [-0.1, -0.05) is 6.07 Å². The van der Waals surface area contributed by atoms with Crippen LogP contribution in [0.1, 0.15) is 10.4 Å². The summed E-state index contributed by atoms with van der Waals surface area (Å²) in [4.78, 5) is 1.32. The highest BCUT2D eigenvalue weighted by Gasteiger charge is 1.96. The number of aromatic nitrogens is 1. The Balaban J connectivity index is 2.20. The molecule has 0 amide bonds. The van der Waals surface area contributed by atoms with E-state index in [0.29, 0.717) is 0 Å². The molecule has 2 rings (SSSR count). The topological polar surface area (TPSA) is 3.88 Å². The van der Waals surface area contributed by atoms with Crippen LogP contribution in [-0.2, 0) is 0 Å². The van der Waals surface area contributed by atoms with E-state index in [4.69, 9.17) is 0 Å². The Morgan fingerprint density at radius 3 is 2.64 bits per heavy atom. The minimum Gasteiger partial charge on any atom is -0.174 e. The lowest BCUT2D eigenvalue weighted by atomic mass is 10.3. The van der Waals surface area contributed by atoms with Crippen LogP contribution in [0.4, 0.5) is 0 Å². The van der Waals surface area contributed by atoms with E-state index in [-0.39, 0.29) is 0 Å². The maximum Gasteiger partial charge on any atom is 0.175 e. The molecule has 0 aromatic carbocycles. The second-order valence-electron chi connectivity index (χ2n) is 3.11. The van der Waals surface area contributed by atoms with Gasteiger partial charge in [0.2, 0.25) is 0 Å². The van der Waals surface area contributed by atoms with Gasteiger partial charge in [-0.25, -0.2) is 0 Å². The third kappa shape index (κ3) is 2.09. The van der Waals surface area contributed by atoms with E-state index in [9.17, 15) is 0 Å². The second-order valence-corrected chi connectivity index (χ2v) is 4.05. The van der Waals surface area contributed by atoms with Crippen LogP contribution in [0.2, 0.25) is 0 Å². The predicted molar refractivity (Wildman–Crippen MR) is 60.9 cm³/mol. The molecule has 1 nitrogen and oxygen atoms in total. The highest BCUT2D eigenvalue weighted by atomic mass is 32.1. The Bertz CT molecular complexity index is 429. The summed E-state index contributed by atoms with van der Waals surface area (Å²) in [6.45, 7) is 2.13. The molecule has 0 aliphatic heterocycles. The normalized spacial score (nSPS) is 10.9. The van der Waals surface area contributed by atoms with Crippen LogP contribution in [0.15, 0.2) is 42.0 Å². The van der Waals surface area contributed by atoms with Crippen LogP contribution in [0, 0.1) is 6.92 Å².